The monoisotopic (exact) mass is 334 g/mol. The summed E-state index contributed by atoms with van der Waals surface area (Å²) in [4.78, 5) is 16.5. The van der Waals surface area contributed by atoms with Gasteiger partial charge in [-0.2, -0.15) is 0 Å². The minimum atomic E-state index is -0.487. The summed E-state index contributed by atoms with van der Waals surface area (Å²) < 4.78 is 10.8. The fraction of sp³-hybridized carbons (Fsp3) is 0.471. The molecule has 2 atom stereocenters. The number of rotatable bonds is 5. The van der Waals surface area contributed by atoms with Crippen LogP contribution in [0.3, 0.4) is 0 Å². The van der Waals surface area contributed by atoms with Gasteiger partial charge in [-0.15, -0.1) is 0 Å². The molecule has 1 heterocycles. The van der Waals surface area contributed by atoms with Crippen molar-refractivity contribution in [1.29, 1.82) is 0 Å². The van der Waals surface area contributed by atoms with E-state index in [9.17, 15) is 4.79 Å². The van der Waals surface area contributed by atoms with Crippen molar-refractivity contribution in [2.75, 3.05) is 6.61 Å². The van der Waals surface area contributed by atoms with Crippen molar-refractivity contribution in [2.24, 2.45) is 10.9 Å². The van der Waals surface area contributed by atoms with Gasteiger partial charge in [-0.25, -0.2) is 4.99 Å². The van der Waals surface area contributed by atoms with E-state index in [1.165, 1.54) is 0 Å². The zero-order chi connectivity index (χ0) is 17.0. The number of aliphatic imine (C=N–C) groups is 1. The number of nitrogens with zero attached hydrogens (tertiary/aromatic N) is 1. The Labute approximate surface area is 142 Å². The van der Waals surface area contributed by atoms with E-state index in [4.69, 9.17) is 21.7 Å². The number of ether oxygens (including phenoxy) is 2. The van der Waals surface area contributed by atoms with Crippen molar-refractivity contribution in [2.45, 2.75) is 39.8 Å². The lowest BCUT2D eigenvalue weighted by molar-refractivity contribution is -0.146. The van der Waals surface area contributed by atoms with Gasteiger partial charge in [0.15, 0.2) is 5.11 Å². The first-order valence-electron chi connectivity index (χ1n) is 7.71. The van der Waals surface area contributed by atoms with Crippen LogP contribution in [0, 0.1) is 5.92 Å². The second-order valence-electron chi connectivity index (χ2n) is 5.65. The maximum atomic E-state index is 12.3. The molecule has 2 unspecified atom stereocenters. The number of hydrogen-bond acceptors (Lipinski definition) is 4. The molecular formula is C17H22N2O3S. The van der Waals surface area contributed by atoms with Crippen molar-refractivity contribution in [3.63, 3.8) is 0 Å². The average molecular weight is 334 g/mol. The van der Waals surface area contributed by atoms with Crippen molar-refractivity contribution < 1.29 is 14.3 Å². The molecule has 1 aromatic rings. The lowest BCUT2D eigenvalue weighted by Gasteiger charge is -2.31. The summed E-state index contributed by atoms with van der Waals surface area (Å²) in [7, 11) is 0. The molecule has 0 radical (unpaired) electrons. The van der Waals surface area contributed by atoms with Crippen molar-refractivity contribution >= 4 is 29.0 Å². The molecule has 0 saturated heterocycles. The van der Waals surface area contributed by atoms with Gasteiger partial charge in [-0.05, 0) is 57.6 Å². The largest absolute Gasteiger partial charge is 0.491 e. The predicted octanol–water partition coefficient (Wildman–Crippen LogP) is 3.04. The van der Waals surface area contributed by atoms with Gasteiger partial charge in [0.25, 0.3) is 0 Å². The highest BCUT2D eigenvalue weighted by Gasteiger charge is 2.36. The van der Waals surface area contributed by atoms with Crippen LogP contribution in [-0.4, -0.2) is 29.5 Å². The SMILES string of the molecule is CCOC(=O)C1C(C)=NC(=S)NC1c1ccc(OC(C)C)cc1. The third-order valence-corrected chi connectivity index (χ3v) is 3.70. The summed E-state index contributed by atoms with van der Waals surface area (Å²) in [5.41, 5.74) is 1.61. The van der Waals surface area contributed by atoms with Gasteiger partial charge in [0.05, 0.1) is 18.8 Å². The molecular weight excluding hydrogens is 312 g/mol. The van der Waals surface area contributed by atoms with Gasteiger partial charge in [-0.1, -0.05) is 12.1 Å². The van der Waals surface area contributed by atoms with Crippen molar-refractivity contribution in [1.82, 2.24) is 5.32 Å². The Morgan fingerprint density at radius 3 is 2.57 bits per heavy atom. The minimum Gasteiger partial charge on any atom is -0.491 e. The first kappa shape index (κ1) is 17.4. The third-order valence-electron chi connectivity index (χ3n) is 3.49. The molecule has 0 fully saturated rings. The quantitative estimate of drug-likeness (QED) is 0.662. The standard InChI is InChI=1S/C17H22N2O3S/c1-5-21-16(20)14-11(4)18-17(23)19-15(14)12-6-8-13(9-7-12)22-10(2)3/h6-10,14-15H,5H2,1-4H3,(H,19,23). The summed E-state index contributed by atoms with van der Waals surface area (Å²) >= 11 is 5.17. The van der Waals surface area contributed by atoms with Crippen LogP contribution in [0.4, 0.5) is 0 Å². The van der Waals surface area contributed by atoms with E-state index in [0.29, 0.717) is 17.4 Å². The number of benzene rings is 1. The van der Waals surface area contributed by atoms with E-state index >= 15 is 0 Å². The molecule has 1 aliphatic heterocycles. The Hall–Kier alpha value is -1.95. The Kier molecular flexibility index (Phi) is 5.71. The molecule has 0 saturated carbocycles. The van der Waals surface area contributed by atoms with Gasteiger partial charge in [-0.3, -0.25) is 4.79 Å². The maximum absolute atomic E-state index is 12.3. The molecule has 124 valence electrons. The van der Waals surface area contributed by atoms with E-state index in [2.05, 4.69) is 10.3 Å². The molecule has 0 amide bonds. The first-order valence-corrected chi connectivity index (χ1v) is 8.12. The predicted molar refractivity (Wildman–Crippen MR) is 93.9 cm³/mol. The summed E-state index contributed by atoms with van der Waals surface area (Å²) in [6.45, 7) is 7.88. The van der Waals surface area contributed by atoms with Gasteiger partial charge in [0.1, 0.15) is 11.7 Å². The molecule has 1 aromatic carbocycles. The Morgan fingerprint density at radius 1 is 1.35 bits per heavy atom. The summed E-state index contributed by atoms with van der Waals surface area (Å²) in [5, 5.41) is 3.50. The van der Waals surface area contributed by atoms with Crippen LogP contribution in [0.25, 0.3) is 0 Å². The number of carbonyl (C=O) groups excluding carboxylic acids is 1. The highest BCUT2D eigenvalue weighted by atomic mass is 32.1. The van der Waals surface area contributed by atoms with Crippen LogP contribution >= 0.6 is 12.2 Å². The van der Waals surface area contributed by atoms with Gasteiger partial charge >= 0.3 is 5.97 Å². The van der Waals surface area contributed by atoms with Crippen LogP contribution in [0.1, 0.15) is 39.3 Å². The number of hydrogen-bond donors (Lipinski definition) is 1. The number of esters is 1. The molecule has 0 spiro atoms. The topological polar surface area (TPSA) is 59.9 Å². The number of nitrogens with one attached hydrogen (secondary N) is 1. The average Bonchev–Trinajstić information content (AvgIpc) is 2.46. The Morgan fingerprint density at radius 2 is 2.00 bits per heavy atom. The molecule has 5 nitrogen and oxygen atoms in total. The summed E-state index contributed by atoms with van der Waals surface area (Å²) in [6, 6.07) is 7.37. The lowest BCUT2D eigenvalue weighted by atomic mass is 9.88. The zero-order valence-electron chi connectivity index (χ0n) is 13.8. The fourth-order valence-corrected chi connectivity index (χ4v) is 2.83. The normalized spacial score (nSPS) is 20.7. The van der Waals surface area contributed by atoms with Crippen LogP contribution < -0.4 is 10.1 Å². The van der Waals surface area contributed by atoms with E-state index in [1.54, 1.807) is 13.8 Å². The van der Waals surface area contributed by atoms with Gasteiger partial charge in [0, 0.05) is 5.71 Å². The third kappa shape index (κ3) is 4.28. The van der Waals surface area contributed by atoms with Crippen molar-refractivity contribution in [3.05, 3.63) is 29.8 Å². The summed E-state index contributed by atoms with van der Waals surface area (Å²) in [6.07, 6.45) is 0.114. The highest BCUT2D eigenvalue weighted by Crippen LogP contribution is 2.29. The highest BCUT2D eigenvalue weighted by molar-refractivity contribution is 7.80. The first-order chi connectivity index (χ1) is 10.9. The molecule has 23 heavy (non-hydrogen) atoms. The van der Waals surface area contributed by atoms with E-state index in [0.717, 1.165) is 11.3 Å². The van der Waals surface area contributed by atoms with Crippen LogP contribution in [-0.2, 0) is 9.53 Å². The fourth-order valence-electron chi connectivity index (χ4n) is 2.56. The molecule has 0 aliphatic carbocycles. The van der Waals surface area contributed by atoms with Crippen LogP contribution in [0.2, 0.25) is 0 Å². The van der Waals surface area contributed by atoms with Crippen molar-refractivity contribution in [3.8, 4) is 5.75 Å². The zero-order valence-corrected chi connectivity index (χ0v) is 14.6. The number of carbonyl (C=O) groups is 1. The van der Waals surface area contributed by atoms with Crippen LogP contribution in [0.15, 0.2) is 29.3 Å². The maximum Gasteiger partial charge on any atom is 0.317 e. The Bertz CT molecular complexity index is 611. The van der Waals surface area contributed by atoms with E-state index in [1.807, 2.05) is 38.1 Å². The second-order valence-corrected chi connectivity index (χ2v) is 6.03. The molecule has 0 bridgehead atoms. The molecule has 0 aromatic heterocycles. The van der Waals surface area contributed by atoms with Crippen LogP contribution in [0.5, 0.6) is 5.75 Å². The molecule has 2 rings (SSSR count). The molecule has 6 heteroatoms. The molecule has 1 N–H and O–H groups in total. The van der Waals surface area contributed by atoms with E-state index in [-0.39, 0.29) is 18.1 Å². The van der Waals surface area contributed by atoms with E-state index < -0.39 is 5.92 Å². The van der Waals surface area contributed by atoms with Gasteiger partial charge in [0.2, 0.25) is 0 Å². The lowest BCUT2D eigenvalue weighted by Crippen LogP contribution is -2.44. The second kappa shape index (κ2) is 7.55. The minimum absolute atomic E-state index is 0.114. The smallest absolute Gasteiger partial charge is 0.317 e. The Balaban J connectivity index is 2.28. The summed E-state index contributed by atoms with van der Waals surface area (Å²) in [5.74, 6) is 0.00924. The molecule has 1 aliphatic rings. The van der Waals surface area contributed by atoms with Gasteiger partial charge < -0.3 is 14.8 Å². The number of thiocarbonyl (C=S) groups is 1.